The standard InChI is InChI=1S/C10H8O4/c11-6-7-1-3-9(12)8(5-7)2-4-10(13)14/h1-6,12H,(H,13,14). The number of benzene rings is 1. The van der Waals surface area contributed by atoms with E-state index in [2.05, 4.69) is 0 Å². The molecule has 1 aromatic rings. The van der Waals surface area contributed by atoms with Crippen LogP contribution in [0.3, 0.4) is 0 Å². The van der Waals surface area contributed by atoms with Crippen molar-refractivity contribution >= 4 is 18.3 Å². The molecular weight excluding hydrogens is 184 g/mol. The van der Waals surface area contributed by atoms with Crippen LogP contribution in [0, 0.1) is 0 Å². The lowest BCUT2D eigenvalue weighted by Gasteiger charge is -1.98. The van der Waals surface area contributed by atoms with Crippen molar-refractivity contribution in [2.24, 2.45) is 0 Å². The minimum Gasteiger partial charge on any atom is -0.507 e. The van der Waals surface area contributed by atoms with E-state index in [1.165, 1.54) is 24.3 Å². The van der Waals surface area contributed by atoms with Crippen LogP contribution in [-0.2, 0) is 4.79 Å². The van der Waals surface area contributed by atoms with E-state index >= 15 is 0 Å². The van der Waals surface area contributed by atoms with Crippen LogP contribution in [0.25, 0.3) is 6.08 Å². The molecule has 0 aliphatic rings. The zero-order valence-corrected chi connectivity index (χ0v) is 7.18. The number of carbonyl (C=O) groups excluding carboxylic acids is 1. The molecule has 0 fully saturated rings. The summed E-state index contributed by atoms with van der Waals surface area (Å²) in [6, 6.07) is 4.19. The maximum atomic E-state index is 10.4. The van der Waals surface area contributed by atoms with Gasteiger partial charge in [-0.1, -0.05) is 0 Å². The van der Waals surface area contributed by atoms with E-state index < -0.39 is 5.97 Å². The summed E-state index contributed by atoms with van der Waals surface area (Å²) in [5.41, 5.74) is 0.685. The lowest BCUT2D eigenvalue weighted by atomic mass is 10.1. The smallest absolute Gasteiger partial charge is 0.328 e. The molecule has 0 saturated carbocycles. The molecule has 0 aliphatic heterocycles. The van der Waals surface area contributed by atoms with Crippen LogP contribution in [-0.4, -0.2) is 22.5 Å². The van der Waals surface area contributed by atoms with Gasteiger partial charge in [0.2, 0.25) is 0 Å². The van der Waals surface area contributed by atoms with Gasteiger partial charge in [0, 0.05) is 17.2 Å². The van der Waals surface area contributed by atoms with Gasteiger partial charge < -0.3 is 10.2 Å². The predicted octanol–water partition coefficient (Wildman–Crippen LogP) is 1.30. The van der Waals surface area contributed by atoms with E-state index in [0.29, 0.717) is 17.4 Å². The quantitative estimate of drug-likeness (QED) is 0.559. The number of phenolic OH excluding ortho intramolecular Hbond substituents is 1. The molecule has 4 nitrogen and oxygen atoms in total. The van der Waals surface area contributed by atoms with Gasteiger partial charge in [0.25, 0.3) is 0 Å². The number of rotatable bonds is 3. The number of aldehydes is 1. The van der Waals surface area contributed by atoms with Gasteiger partial charge in [-0.15, -0.1) is 0 Å². The van der Waals surface area contributed by atoms with Crippen LogP contribution in [0.15, 0.2) is 24.3 Å². The summed E-state index contributed by atoms with van der Waals surface area (Å²) >= 11 is 0. The monoisotopic (exact) mass is 192 g/mol. The Hall–Kier alpha value is -2.10. The minimum atomic E-state index is -1.11. The normalized spacial score (nSPS) is 10.3. The third-order valence-electron chi connectivity index (χ3n) is 1.59. The van der Waals surface area contributed by atoms with Crippen LogP contribution >= 0.6 is 0 Å². The van der Waals surface area contributed by atoms with Gasteiger partial charge in [-0.3, -0.25) is 4.79 Å². The van der Waals surface area contributed by atoms with Gasteiger partial charge in [0.05, 0.1) is 0 Å². The van der Waals surface area contributed by atoms with E-state index in [9.17, 15) is 14.7 Å². The predicted molar refractivity (Wildman–Crippen MR) is 50.2 cm³/mol. The van der Waals surface area contributed by atoms with E-state index in [4.69, 9.17) is 5.11 Å². The number of carboxylic acids is 1. The Morgan fingerprint density at radius 1 is 1.36 bits per heavy atom. The van der Waals surface area contributed by atoms with Crippen molar-refractivity contribution in [1.82, 2.24) is 0 Å². The van der Waals surface area contributed by atoms with Crippen molar-refractivity contribution in [3.63, 3.8) is 0 Å². The minimum absolute atomic E-state index is 0.0619. The Balaban J connectivity index is 3.06. The van der Waals surface area contributed by atoms with Gasteiger partial charge in [0.1, 0.15) is 12.0 Å². The molecule has 4 heteroatoms. The molecule has 0 radical (unpaired) electrons. The summed E-state index contributed by atoms with van der Waals surface area (Å²) in [7, 11) is 0. The number of carboxylic acid groups (broad SMARTS) is 1. The third kappa shape index (κ3) is 2.45. The van der Waals surface area contributed by atoms with Gasteiger partial charge in [-0.25, -0.2) is 4.79 Å². The van der Waals surface area contributed by atoms with Crippen molar-refractivity contribution in [1.29, 1.82) is 0 Å². The highest BCUT2D eigenvalue weighted by Gasteiger charge is 1.99. The highest BCUT2D eigenvalue weighted by atomic mass is 16.4. The van der Waals surface area contributed by atoms with Crippen molar-refractivity contribution in [2.45, 2.75) is 0 Å². The number of phenols is 1. The highest BCUT2D eigenvalue weighted by Crippen LogP contribution is 2.19. The number of aromatic hydroxyl groups is 1. The largest absolute Gasteiger partial charge is 0.507 e. The van der Waals surface area contributed by atoms with Crippen molar-refractivity contribution in [2.75, 3.05) is 0 Å². The number of aliphatic carboxylic acids is 1. The fourth-order valence-corrected chi connectivity index (χ4v) is 0.941. The number of hydrogen-bond donors (Lipinski definition) is 2. The summed E-state index contributed by atoms with van der Waals surface area (Å²) in [5, 5.41) is 17.6. The Morgan fingerprint density at radius 3 is 2.64 bits per heavy atom. The van der Waals surface area contributed by atoms with Crippen LogP contribution in [0.5, 0.6) is 5.75 Å². The van der Waals surface area contributed by atoms with E-state index in [-0.39, 0.29) is 5.75 Å². The second-order valence-corrected chi connectivity index (χ2v) is 2.61. The third-order valence-corrected chi connectivity index (χ3v) is 1.59. The molecule has 0 bridgehead atoms. The van der Waals surface area contributed by atoms with Crippen molar-refractivity contribution < 1.29 is 19.8 Å². The number of hydrogen-bond acceptors (Lipinski definition) is 3. The second kappa shape index (κ2) is 4.23. The average molecular weight is 192 g/mol. The molecule has 0 unspecified atom stereocenters. The topological polar surface area (TPSA) is 74.6 Å². The van der Waals surface area contributed by atoms with Gasteiger partial charge in [0.15, 0.2) is 0 Å². The highest BCUT2D eigenvalue weighted by molar-refractivity contribution is 5.86. The average Bonchev–Trinajstić information content (AvgIpc) is 2.16. The fourth-order valence-electron chi connectivity index (χ4n) is 0.941. The first-order valence-corrected chi connectivity index (χ1v) is 3.82. The molecular formula is C10H8O4. The molecule has 0 spiro atoms. The molecule has 2 N–H and O–H groups in total. The van der Waals surface area contributed by atoms with Gasteiger partial charge >= 0.3 is 5.97 Å². The molecule has 1 aromatic carbocycles. The summed E-state index contributed by atoms with van der Waals surface area (Å²) < 4.78 is 0. The van der Waals surface area contributed by atoms with Gasteiger partial charge in [-0.2, -0.15) is 0 Å². The lowest BCUT2D eigenvalue weighted by molar-refractivity contribution is -0.131. The molecule has 0 saturated heterocycles. The summed E-state index contributed by atoms with van der Waals surface area (Å²) in [4.78, 5) is 20.6. The zero-order chi connectivity index (χ0) is 10.6. The molecule has 14 heavy (non-hydrogen) atoms. The second-order valence-electron chi connectivity index (χ2n) is 2.61. The maximum absolute atomic E-state index is 10.4. The SMILES string of the molecule is O=Cc1ccc(O)c(C=CC(=O)O)c1. The van der Waals surface area contributed by atoms with Crippen LogP contribution in [0.2, 0.25) is 0 Å². The Bertz CT molecular complexity index is 393. The molecule has 0 heterocycles. The van der Waals surface area contributed by atoms with Gasteiger partial charge in [-0.05, 0) is 24.3 Å². The Morgan fingerprint density at radius 2 is 2.07 bits per heavy atom. The summed E-state index contributed by atoms with van der Waals surface area (Å²) in [5.74, 6) is -1.17. The van der Waals surface area contributed by atoms with E-state index in [0.717, 1.165) is 6.08 Å². The van der Waals surface area contributed by atoms with Crippen molar-refractivity contribution in [3.8, 4) is 5.75 Å². The lowest BCUT2D eigenvalue weighted by Crippen LogP contribution is -1.87. The zero-order valence-electron chi connectivity index (χ0n) is 7.18. The van der Waals surface area contributed by atoms with Crippen LogP contribution < -0.4 is 0 Å². The van der Waals surface area contributed by atoms with E-state index in [1.807, 2.05) is 0 Å². The Kier molecular flexibility index (Phi) is 3.01. The Labute approximate surface area is 80.1 Å². The molecule has 1 rings (SSSR count). The molecule has 0 atom stereocenters. The van der Waals surface area contributed by atoms with E-state index in [1.54, 1.807) is 0 Å². The summed E-state index contributed by atoms with van der Waals surface area (Å²) in [6.07, 6.45) is 2.74. The maximum Gasteiger partial charge on any atom is 0.328 e. The van der Waals surface area contributed by atoms with Crippen LogP contribution in [0.1, 0.15) is 15.9 Å². The first-order valence-electron chi connectivity index (χ1n) is 3.82. The fraction of sp³-hybridized carbons (Fsp3) is 0. The number of carbonyl (C=O) groups is 2. The first-order chi connectivity index (χ1) is 6.63. The first kappa shape index (κ1) is 9.98. The molecule has 0 amide bonds. The summed E-state index contributed by atoms with van der Waals surface area (Å²) in [6.45, 7) is 0. The molecule has 0 aliphatic carbocycles. The van der Waals surface area contributed by atoms with Crippen molar-refractivity contribution in [3.05, 3.63) is 35.4 Å². The molecule has 72 valence electrons. The molecule has 0 aromatic heterocycles. The van der Waals surface area contributed by atoms with Crippen LogP contribution in [0.4, 0.5) is 0 Å².